The van der Waals surface area contributed by atoms with Gasteiger partial charge in [-0.15, -0.1) is 0 Å². The maximum absolute atomic E-state index is 12.2. The van der Waals surface area contributed by atoms with Crippen molar-refractivity contribution in [2.45, 2.75) is 0 Å². The Bertz CT molecular complexity index is 749. The van der Waals surface area contributed by atoms with Crippen LogP contribution >= 0.6 is 0 Å². The molecule has 92 valence electrons. The van der Waals surface area contributed by atoms with Gasteiger partial charge >= 0.3 is 5.97 Å². The maximum Gasteiger partial charge on any atom is 0.337 e. The smallest absolute Gasteiger partial charge is 0.337 e. The number of rotatable bonds is 1. The maximum atomic E-state index is 12.2. The van der Waals surface area contributed by atoms with Crippen LogP contribution in [0.1, 0.15) is 42.3 Å². The summed E-state index contributed by atoms with van der Waals surface area (Å²) in [6.45, 7) is 0. The number of aromatic nitrogens is 1. The molecular weight excluding hydrogens is 246 g/mol. The van der Waals surface area contributed by atoms with Crippen LogP contribution in [-0.2, 0) is 0 Å². The van der Waals surface area contributed by atoms with Gasteiger partial charge in [0.05, 0.1) is 11.1 Å². The molecule has 1 N–H and O–H groups in total. The lowest BCUT2D eigenvalue weighted by Gasteiger charge is -2.16. The van der Waals surface area contributed by atoms with Gasteiger partial charge < -0.3 is 5.11 Å². The van der Waals surface area contributed by atoms with E-state index in [2.05, 4.69) is 4.98 Å². The molecule has 0 saturated carbocycles. The number of aromatic carboxylic acids is 1. The first-order chi connectivity index (χ1) is 9.09. The van der Waals surface area contributed by atoms with Gasteiger partial charge in [-0.2, -0.15) is 0 Å². The summed E-state index contributed by atoms with van der Waals surface area (Å²) < 4.78 is 0. The van der Waals surface area contributed by atoms with Gasteiger partial charge in [0.15, 0.2) is 5.78 Å². The van der Waals surface area contributed by atoms with Crippen LogP contribution in [0.15, 0.2) is 36.5 Å². The van der Waals surface area contributed by atoms with Crippen molar-refractivity contribution < 1.29 is 19.5 Å². The van der Waals surface area contributed by atoms with E-state index in [1.807, 2.05) is 0 Å². The van der Waals surface area contributed by atoms with Gasteiger partial charge in [-0.3, -0.25) is 14.6 Å². The largest absolute Gasteiger partial charge is 0.478 e. The number of pyridine rings is 1. The number of hydrogen-bond acceptors (Lipinski definition) is 4. The molecule has 0 atom stereocenters. The molecular formula is C14H7NO4. The first kappa shape index (κ1) is 11.3. The molecule has 0 aliphatic heterocycles. The summed E-state index contributed by atoms with van der Waals surface area (Å²) in [6, 6.07) is 7.63. The third-order valence-corrected chi connectivity index (χ3v) is 3.01. The third kappa shape index (κ3) is 1.55. The number of carbonyl (C=O) groups is 3. The summed E-state index contributed by atoms with van der Waals surface area (Å²) in [6.07, 6.45) is 1.08. The van der Waals surface area contributed by atoms with Crippen molar-refractivity contribution in [1.82, 2.24) is 4.98 Å². The van der Waals surface area contributed by atoms with E-state index >= 15 is 0 Å². The van der Waals surface area contributed by atoms with E-state index in [1.54, 1.807) is 24.3 Å². The number of carbonyl (C=O) groups excluding carboxylic acids is 2. The van der Waals surface area contributed by atoms with E-state index in [0.717, 1.165) is 6.20 Å². The van der Waals surface area contributed by atoms with Gasteiger partial charge in [0.25, 0.3) is 0 Å². The molecule has 1 aliphatic rings. The van der Waals surface area contributed by atoms with Crippen LogP contribution in [-0.4, -0.2) is 27.6 Å². The Labute approximate surface area is 107 Å². The van der Waals surface area contributed by atoms with E-state index < -0.39 is 5.97 Å². The number of fused-ring (bicyclic) bond motifs is 2. The standard InChI is InChI=1S/C14H7NO4/c16-12-8-3-1-2-4-9(8)13(17)11-10(12)5-7(6-15-11)14(18)19/h1-6H,(H,18,19). The number of benzene rings is 1. The van der Waals surface area contributed by atoms with Crippen LogP contribution in [0.25, 0.3) is 0 Å². The lowest BCUT2D eigenvalue weighted by Crippen LogP contribution is -2.22. The second kappa shape index (κ2) is 3.84. The molecule has 0 fully saturated rings. The monoisotopic (exact) mass is 253 g/mol. The SMILES string of the molecule is O=C(O)c1cnc2c(c1)C(=O)c1ccccc1C2=O. The third-order valence-electron chi connectivity index (χ3n) is 3.01. The Morgan fingerprint density at radius 3 is 2.26 bits per heavy atom. The summed E-state index contributed by atoms with van der Waals surface area (Å²) in [5, 5.41) is 8.90. The highest BCUT2D eigenvalue weighted by molar-refractivity contribution is 6.27. The summed E-state index contributed by atoms with van der Waals surface area (Å²) in [5.74, 6) is -1.92. The number of hydrogen-bond donors (Lipinski definition) is 1. The van der Waals surface area contributed by atoms with E-state index in [4.69, 9.17) is 5.11 Å². The zero-order chi connectivity index (χ0) is 13.6. The van der Waals surface area contributed by atoms with Crippen molar-refractivity contribution in [3.8, 4) is 0 Å². The molecule has 1 aliphatic carbocycles. The number of carboxylic acid groups (broad SMARTS) is 1. The van der Waals surface area contributed by atoms with Crippen LogP contribution < -0.4 is 0 Å². The highest BCUT2D eigenvalue weighted by atomic mass is 16.4. The minimum absolute atomic E-state index is 0.00806. The Hall–Kier alpha value is -2.82. The van der Waals surface area contributed by atoms with Gasteiger partial charge in [0.1, 0.15) is 5.69 Å². The average Bonchev–Trinajstić information content (AvgIpc) is 2.44. The first-order valence-electron chi connectivity index (χ1n) is 5.51. The van der Waals surface area contributed by atoms with Gasteiger partial charge in [0, 0.05) is 17.3 Å². The molecule has 0 spiro atoms. The summed E-state index contributed by atoms with van der Waals surface area (Å²) in [4.78, 5) is 39.1. The predicted octanol–water partition coefficient (Wildman–Crippen LogP) is 1.56. The topological polar surface area (TPSA) is 84.3 Å². The summed E-state index contributed by atoms with van der Waals surface area (Å²) >= 11 is 0. The molecule has 1 heterocycles. The minimum Gasteiger partial charge on any atom is -0.478 e. The highest BCUT2D eigenvalue weighted by Crippen LogP contribution is 2.26. The van der Waals surface area contributed by atoms with Gasteiger partial charge in [-0.1, -0.05) is 24.3 Å². The second-order valence-electron chi connectivity index (χ2n) is 4.13. The molecule has 0 unspecified atom stereocenters. The highest BCUT2D eigenvalue weighted by Gasteiger charge is 2.31. The van der Waals surface area contributed by atoms with Gasteiger partial charge in [-0.05, 0) is 6.07 Å². The first-order valence-corrected chi connectivity index (χ1v) is 5.51. The van der Waals surface area contributed by atoms with E-state index in [0.29, 0.717) is 5.56 Å². The Morgan fingerprint density at radius 2 is 1.63 bits per heavy atom. The average molecular weight is 253 g/mol. The molecule has 1 aromatic carbocycles. The van der Waals surface area contributed by atoms with E-state index in [1.165, 1.54) is 6.07 Å². The van der Waals surface area contributed by atoms with Crippen LogP contribution in [0.2, 0.25) is 0 Å². The van der Waals surface area contributed by atoms with Crippen molar-refractivity contribution in [1.29, 1.82) is 0 Å². The van der Waals surface area contributed by atoms with Gasteiger partial charge in [0.2, 0.25) is 5.78 Å². The lowest BCUT2D eigenvalue weighted by molar-refractivity contribution is 0.0696. The van der Waals surface area contributed by atoms with Crippen molar-refractivity contribution in [2.24, 2.45) is 0 Å². The van der Waals surface area contributed by atoms with Crippen LogP contribution in [0, 0.1) is 0 Å². The van der Waals surface area contributed by atoms with Crippen LogP contribution in [0.3, 0.4) is 0 Å². The molecule has 19 heavy (non-hydrogen) atoms. The summed E-state index contributed by atoms with van der Waals surface area (Å²) in [7, 11) is 0. The van der Waals surface area contributed by atoms with Crippen LogP contribution in [0.4, 0.5) is 0 Å². The van der Waals surface area contributed by atoms with E-state index in [9.17, 15) is 14.4 Å². The molecule has 3 rings (SSSR count). The molecule has 0 radical (unpaired) electrons. The van der Waals surface area contributed by atoms with Crippen LogP contribution in [0.5, 0.6) is 0 Å². The molecule has 5 heteroatoms. The van der Waals surface area contributed by atoms with Gasteiger partial charge in [-0.25, -0.2) is 4.79 Å². The quantitative estimate of drug-likeness (QED) is 0.711. The fourth-order valence-electron chi connectivity index (χ4n) is 2.09. The fourth-order valence-corrected chi connectivity index (χ4v) is 2.09. The minimum atomic E-state index is -1.19. The fraction of sp³-hybridized carbons (Fsp3) is 0. The number of nitrogens with zero attached hydrogens (tertiary/aromatic N) is 1. The Morgan fingerprint density at radius 1 is 1.00 bits per heavy atom. The van der Waals surface area contributed by atoms with Crippen molar-refractivity contribution in [2.75, 3.05) is 0 Å². The number of carboxylic acids is 1. The van der Waals surface area contributed by atoms with Crippen molar-refractivity contribution in [3.05, 3.63) is 64.5 Å². The Kier molecular flexibility index (Phi) is 2.28. The van der Waals surface area contributed by atoms with Crippen molar-refractivity contribution >= 4 is 17.5 Å². The van der Waals surface area contributed by atoms with Crippen molar-refractivity contribution in [3.63, 3.8) is 0 Å². The number of ketones is 2. The Balaban J connectivity index is 2.27. The normalized spacial score (nSPS) is 12.8. The zero-order valence-electron chi connectivity index (χ0n) is 9.58. The zero-order valence-corrected chi connectivity index (χ0v) is 9.58. The summed E-state index contributed by atoms with van der Waals surface area (Å²) in [5.41, 5.74) is 0.525. The predicted molar refractivity (Wildman–Crippen MR) is 64.5 cm³/mol. The molecule has 1 aromatic heterocycles. The second-order valence-corrected chi connectivity index (χ2v) is 4.13. The lowest BCUT2D eigenvalue weighted by atomic mass is 9.86. The molecule has 0 saturated heterocycles. The molecule has 0 bridgehead atoms. The van der Waals surface area contributed by atoms with E-state index in [-0.39, 0.29) is 34.0 Å². The molecule has 2 aromatic rings. The molecule has 5 nitrogen and oxygen atoms in total. The molecule has 0 amide bonds.